The number of rotatable bonds is 3. The highest BCUT2D eigenvalue weighted by Gasteiger charge is 2.11. The van der Waals surface area contributed by atoms with E-state index in [1.165, 1.54) is 0 Å². The summed E-state index contributed by atoms with van der Waals surface area (Å²) in [6, 6.07) is 0. The predicted molar refractivity (Wildman–Crippen MR) is 31.9 cm³/mol. The van der Waals surface area contributed by atoms with Gasteiger partial charge >= 0.3 is 0 Å². The fourth-order valence-electron chi connectivity index (χ4n) is 0.313. The van der Waals surface area contributed by atoms with Crippen molar-refractivity contribution in [1.29, 1.82) is 0 Å². The van der Waals surface area contributed by atoms with Crippen molar-refractivity contribution >= 4 is 10.1 Å². The molecule has 0 aliphatic carbocycles. The summed E-state index contributed by atoms with van der Waals surface area (Å²) in [6.45, 7) is 1.60. The Kier molecular flexibility index (Phi) is 3.10. The number of hydrogen-bond acceptors (Lipinski definition) is 3. The van der Waals surface area contributed by atoms with Crippen LogP contribution in [0.3, 0.4) is 0 Å². The molecule has 0 aromatic rings. The summed E-state index contributed by atoms with van der Waals surface area (Å²) >= 11 is 0. The first-order valence-electron chi connectivity index (χ1n) is 2.44. The smallest absolute Gasteiger partial charge is 0.267 e. The van der Waals surface area contributed by atoms with Crippen molar-refractivity contribution in [2.24, 2.45) is 0 Å². The van der Waals surface area contributed by atoms with Crippen molar-refractivity contribution in [2.45, 2.75) is 13.3 Å². The average molecular weight is 153 g/mol. The summed E-state index contributed by atoms with van der Waals surface area (Å²) < 4.78 is 28.1. The van der Waals surface area contributed by atoms with Crippen molar-refractivity contribution in [2.75, 3.05) is 5.75 Å². The molecule has 0 aromatic carbocycles. The summed E-state index contributed by atoms with van der Waals surface area (Å²) in [5.41, 5.74) is 0. The molecule has 0 rings (SSSR count). The first kappa shape index (κ1) is 8.87. The molecule has 0 atom stereocenters. The molecule has 0 bridgehead atoms. The normalized spacial score (nSPS) is 12.4. The molecular formula is C4H9O4S. The molecule has 0 spiro atoms. The van der Waals surface area contributed by atoms with Crippen LogP contribution in [0.1, 0.15) is 13.3 Å². The van der Waals surface area contributed by atoms with E-state index in [2.05, 4.69) is 0 Å². The van der Waals surface area contributed by atoms with E-state index in [0.717, 1.165) is 0 Å². The summed E-state index contributed by atoms with van der Waals surface area (Å²) in [4.78, 5) is 0. The molecule has 2 N–H and O–H groups in total. The highest BCUT2D eigenvalue weighted by Crippen LogP contribution is 2.01. The topological polar surface area (TPSA) is 74.6 Å². The lowest BCUT2D eigenvalue weighted by atomic mass is 10.3. The number of aliphatic hydroxyl groups is 1. The predicted octanol–water partition coefficient (Wildman–Crippen LogP) is 0.189. The monoisotopic (exact) mass is 153 g/mol. The molecule has 0 amide bonds. The Morgan fingerprint density at radius 2 is 2.00 bits per heavy atom. The summed E-state index contributed by atoms with van der Waals surface area (Å²) in [5, 5.41) is 8.57. The van der Waals surface area contributed by atoms with Crippen LogP contribution in [0.4, 0.5) is 0 Å². The Bertz CT molecular complexity index is 159. The first-order chi connectivity index (χ1) is 3.95. The zero-order valence-electron chi connectivity index (χ0n) is 5.03. The molecule has 0 heterocycles. The molecule has 0 saturated heterocycles. The molecule has 9 heavy (non-hydrogen) atoms. The maximum absolute atomic E-state index is 9.98. The van der Waals surface area contributed by atoms with Crippen LogP contribution in [0.2, 0.25) is 0 Å². The van der Waals surface area contributed by atoms with Gasteiger partial charge in [0.2, 0.25) is 0 Å². The van der Waals surface area contributed by atoms with Crippen LogP contribution >= 0.6 is 0 Å². The largest absolute Gasteiger partial charge is 0.386 e. The van der Waals surface area contributed by atoms with Crippen LogP contribution in [0, 0.1) is 6.10 Å². The first-order valence-corrected chi connectivity index (χ1v) is 4.05. The quantitative estimate of drug-likeness (QED) is 0.567. The second-order valence-corrected chi connectivity index (χ2v) is 3.10. The molecule has 0 aliphatic rings. The van der Waals surface area contributed by atoms with Gasteiger partial charge in [-0.15, -0.1) is 0 Å². The second-order valence-electron chi connectivity index (χ2n) is 1.65. The molecule has 0 saturated carbocycles. The zero-order chi connectivity index (χ0) is 7.49. The molecule has 5 heteroatoms. The van der Waals surface area contributed by atoms with Crippen LogP contribution in [0.15, 0.2) is 0 Å². The number of hydrogen-bond donors (Lipinski definition) is 2. The summed E-state index contributed by atoms with van der Waals surface area (Å²) in [6.07, 6.45) is 0.0253. The maximum Gasteiger partial charge on any atom is 0.267 e. The highest BCUT2D eigenvalue weighted by molar-refractivity contribution is 7.85. The van der Waals surface area contributed by atoms with E-state index in [1.807, 2.05) is 0 Å². The van der Waals surface area contributed by atoms with Crippen molar-refractivity contribution in [1.82, 2.24) is 0 Å². The van der Waals surface area contributed by atoms with E-state index in [1.54, 1.807) is 6.92 Å². The molecule has 1 radical (unpaired) electrons. The van der Waals surface area contributed by atoms with E-state index < -0.39 is 15.9 Å². The molecule has 0 aromatic heterocycles. The van der Waals surface area contributed by atoms with Crippen molar-refractivity contribution in [3.05, 3.63) is 6.10 Å². The van der Waals surface area contributed by atoms with Gasteiger partial charge in [-0.1, -0.05) is 6.92 Å². The van der Waals surface area contributed by atoms with Crippen LogP contribution < -0.4 is 0 Å². The van der Waals surface area contributed by atoms with Gasteiger partial charge in [0.05, 0.1) is 0 Å². The van der Waals surface area contributed by atoms with Crippen molar-refractivity contribution in [3.8, 4) is 0 Å². The Morgan fingerprint density at radius 3 is 2.11 bits per heavy atom. The van der Waals surface area contributed by atoms with Gasteiger partial charge in [0, 0.05) is 0 Å². The Balaban J connectivity index is 3.75. The molecule has 0 aliphatic heterocycles. The van der Waals surface area contributed by atoms with E-state index >= 15 is 0 Å². The fourth-order valence-corrected chi connectivity index (χ4v) is 0.938. The average Bonchev–Trinajstić information content (AvgIpc) is 1.62. The molecule has 0 unspecified atom stereocenters. The van der Waals surface area contributed by atoms with Gasteiger partial charge in [0.1, 0.15) is 11.9 Å². The minimum atomic E-state index is -4.02. The van der Waals surface area contributed by atoms with Gasteiger partial charge in [0.15, 0.2) is 0 Å². The van der Waals surface area contributed by atoms with Gasteiger partial charge in [-0.2, -0.15) is 8.42 Å². The minimum Gasteiger partial charge on any atom is -0.386 e. The van der Waals surface area contributed by atoms with E-state index in [4.69, 9.17) is 9.66 Å². The summed E-state index contributed by atoms with van der Waals surface area (Å²) in [7, 11) is -4.02. The molecular weight excluding hydrogens is 144 g/mol. The van der Waals surface area contributed by atoms with Crippen molar-refractivity contribution in [3.63, 3.8) is 0 Å². The van der Waals surface area contributed by atoms with Gasteiger partial charge in [-0.05, 0) is 6.42 Å². The number of aliphatic hydroxyl groups excluding tert-OH is 1. The maximum atomic E-state index is 9.98. The van der Waals surface area contributed by atoms with E-state index in [9.17, 15) is 8.42 Å². The van der Waals surface area contributed by atoms with Gasteiger partial charge < -0.3 is 5.11 Å². The van der Waals surface area contributed by atoms with Gasteiger partial charge in [0.25, 0.3) is 10.1 Å². The molecule has 0 fully saturated rings. The minimum absolute atomic E-state index is 0.225. The highest BCUT2D eigenvalue weighted by atomic mass is 32.2. The third-order valence-corrected chi connectivity index (χ3v) is 1.46. The Hall–Kier alpha value is -0.130. The standard InChI is InChI=1S/C4H9O4S/c1-2-4(5)3-9(6,7)8/h5H,2-3H2,1H3,(H,6,7,8). The third-order valence-electron chi connectivity index (χ3n) is 0.757. The Labute approximate surface area is 54.3 Å². The van der Waals surface area contributed by atoms with E-state index in [-0.39, 0.29) is 12.5 Å². The molecule has 4 nitrogen and oxygen atoms in total. The third kappa shape index (κ3) is 5.75. The SMILES string of the molecule is CC[C](O)CS(=O)(=O)O. The van der Waals surface area contributed by atoms with Gasteiger partial charge in [-0.25, -0.2) is 0 Å². The van der Waals surface area contributed by atoms with Crippen LogP contribution in [-0.4, -0.2) is 23.8 Å². The Morgan fingerprint density at radius 1 is 1.56 bits per heavy atom. The zero-order valence-corrected chi connectivity index (χ0v) is 5.85. The van der Waals surface area contributed by atoms with Crippen LogP contribution in [-0.2, 0) is 10.1 Å². The fraction of sp³-hybridized carbons (Fsp3) is 0.750. The lowest BCUT2D eigenvalue weighted by Crippen LogP contribution is -2.11. The lowest BCUT2D eigenvalue weighted by molar-refractivity contribution is 0.300. The van der Waals surface area contributed by atoms with Crippen LogP contribution in [0.5, 0.6) is 0 Å². The summed E-state index contributed by atoms with van der Waals surface area (Å²) in [5.74, 6) is -0.649. The van der Waals surface area contributed by atoms with Crippen molar-refractivity contribution < 1.29 is 18.1 Å². The van der Waals surface area contributed by atoms with Crippen LogP contribution in [0.25, 0.3) is 0 Å². The van der Waals surface area contributed by atoms with Gasteiger partial charge in [-0.3, -0.25) is 4.55 Å². The lowest BCUT2D eigenvalue weighted by Gasteiger charge is -2.00. The molecule has 55 valence electrons. The van der Waals surface area contributed by atoms with E-state index in [0.29, 0.717) is 0 Å². The second kappa shape index (κ2) is 3.14.